The highest BCUT2D eigenvalue weighted by Crippen LogP contribution is 2.31. The normalized spacial score (nSPS) is 17.8. The number of nitrogens with zero attached hydrogens (tertiary/aromatic N) is 2. The molecule has 0 radical (unpaired) electrons. The summed E-state index contributed by atoms with van der Waals surface area (Å²) in [4.78, 5) is 8.68. The van der Waals surface area contributed by atoms with Gasteiger partial charge in [-0.2, -0.15) is 4.98 Å². The Labute approximate surface area is 226 Å². The number of hydrogen-bond acceptors (Lipinski definition) is 8. The van der Waals surface area contributed by atoms with Gasteiger partial charge in [-0.15, -0.1) is 13.2 Å². The van der Waals surface area contributed by atoms with Crippen LogP contribution < -0.4 is 25.8 Å². The maximum absolute atomic E-state index is 12.7. The molecule has 1 saturated carbocycles. The van der Waals surface area contributed by atoms with Gasteiger partial charge in [-0.3, -0.25) is 0 Å². The first kappa shape index (κ1) is 30.4. The first-order chi connectivity index (χ1) is 18.1. The number of rotatable bonds is 11. The van der Waals surface area contributed by atoms with Crippen molar-refractivity contribution in [3.63, 3.8) is 0 Å². The molecule has 0 amide bonds. The largest absolute Gasteiger partial charge is 0.573 e. The van der Waals surface area contributed by atoms with Crippen LogP contribution in [-0.4, -0.2) is 50.9 Å². The fraction of sp³-hybridized carbons (Fsp3) is 0.462. The van der Waals surface area contributed by atoms with Crippen LogP contribution in [0.5, 0.6) is 5.75 Å². The summed E-state index contributed by atoms with van der Waals surface area (Å²) in [5.74, 6) is 0.944. The van der Waals surface area contributed by atoms with Crippen molar-refractivity contribution in [3.8, 4) is 5.75 Å². The average molecular weight is 569 g/mol. The van der Waals surface area contributed by atoms with E-state index in [2.05, 4.69) is 30.1 Å². The van der Waals surface area contributed by atoms with E-state index in [0.717, 1.165) is 54.5 Å². The summed E-state index contributed by atoms with van der Waals surface area (Å²) in [7, 11) is -4.17. The van der Waals surface area contributed by atoms with E-state index in [1.165, 1.54) is 12.1 Å². The molecule has 4 rings (SSSR count). The SMILES string of the molecule is C.NCCNc1nc(NCC2CCC(CNS(=O)(=O)c3ccccc3OC(F)(F)F)CC2)nc2ccccc12. The highest BCUT2D eigenvalue weighted by molar-refractivity contribution is 7.89. The first-order valence-electron chi connectivity index (χ1n) is 12.4. The molecule has 0 bridgehead atoms. The van der Waals surface area contributed by atoms with Crippen molar-refractivity contribution in [1.82, 2.24) is 14.7 Å². The predicted molar refractivity (Wildman–Crippen MR) is 146 cm³/mol. The van der Waals surface area contributed by atoms with Crippen LogP contribution >= 0.6 is 0 Å². The quantitative estimate of drug-likeness (QED) is 0.261. The molecule has 0 aliphatic heterocycles. The molecular weight excluding hydrogens is 533 g/mol. The number of nitrogens with one attached hydrogen (secondary N) is 3. The number of ether oxygens (including phenoxy) is 1. The minimum Gasteiger partial charge on any atom is -0.404 e. The van der Waals surface area contributed by atoms with Crippen LogP contribution in [0, 0.1) is 11.8 Å². The number of aromatic nitrogens is 2. The number of alkyl halides is 3. The maximum atomic E-state index is 12.7. The number of anilines is 2. The van der Waals surface area contributed by atoms with Crippen LogP contribution in [0.4, 0.5) is 24.9 Å². The third-order valence-electron chi connectivity index (χ3n) is 6.48. The van der Waals surface area contributed by atoms with Crippen LogP contribution in [0.2, 0.25) is 0 Å². The second kappa shape index (κ2) is 13.3. The molecule has 2 aromatic carbocycles. The lowest BCUT2D eigenvalue weighted by Crippen LogP contribution is -2.33. The monoisotopic (exact) mass is 568 g/mol. The van der Waals surface area contributed by atoms with E-state index >= 15 is 0 Å². The Balaban J connectivity index is 0.00000420. The number of halogens is 3. The molecule has 0 saturated heterocycles. The third kappa shape index (κ3) is 8.41. The van der Waals surface area contributed by atoms with E-state index in [-0.39, 0.29) is 19.9 Å². The van der Waals surface area contributed by atoms with Crippen molar-refractivity contribution in [2.24, 2.45) is 17.6 Å². The van der Waals surface area contributed by atoms with Gasteiger partial charge in [0.1, 0.15) is 16.5 Å². The number of benzene rings is 2. The zero-order chi connectivity index (χ0) is 27.2. The van der Waals surface area contributed by atoms with Crippen LogP contribution in [0.1, 0.15) is 33.1 Å². The van der Waals surface area contributed by atoms with Gasteiger partial charge < -0.3 is 21.1 Å². The molecule has 0 atom stereocenters. The molecular formula is C26H35F3N6O3S. The number of fused-ring (bicyclic) bond motifs is 1. The minimum absolute atomic E-state index is 0. The summed E-state index contributed by atoms with van der Waals surface area (Å²) in [5, 5.41) is 7.49. The molecule has 9 nitrogen and oxygen atoms in total. The number of para-hydroxylation sites is 2. The molecule has 1 aromatic heterocycles. The lowest BCUT2D eigenvalue weighted by Gasteiger charge is -2.28. The van der Waals surface area contributed by atoms with E-state index < -0.39 is 27.0 Å². The van der Waals surface area contributed by atoms with Gasteiger partial charge in [0.2, 0.25) is 16.0 Å². The van der Waals surface area contributed by atoms with Crippen molar-refractivity contribution < 1.29 is 26.3 Å². The summed E-state index contributed by atoms with van der Waals surface area (Å²) in [6, 6.07) is 12.4. The van der Waals surface area contributed by atoms with E-state index in [9.17, 15) is 21.6 Å². The van der Waals surface area contributed by atoms with Gasteiger partial charge in [-0.25, -0.2) is 18.1 Å². The van der Waals surface area contributed by atoms with Crippen LogP contribution in [0.25, 0.3) is 10.9 Å². The molecule has 5 N–H and O–H groups in total. The first-order valence-corrected chi connectivity index (χ1v) is 13.9. The Kier molecular flexibility index (Phi) is 10.3. The van der Waals surface area contributed by atoms with Crippen LogP contribution in [0.15, 0.2) is 53.4 Å². The molecule has 39 heavy (non-hydrogen) atoms. The lowest BCUT2D eigenvalue weighted by molar-refractivity contribution is -0.275. The van der Waals surface area contributed by atoms with Crippen LogP contribution in [-0.2, 0) is 10.0 Å². The zero-order valence-electron chi connectivity index (χ0n) is 20.7. The molecule has 13 heteroatoms. The van der Waals surface area contributed by atoms with Gasteiger partial charge in [0.25, 0.3) is 0 Å². The Morgan fingerprint density at radius 3 is 2.26 bits per heavy atom. The van der Waals surface area contributed by atoms with Crippen molar-refractivity contribution in [1.29, 1.82) is 0 Å². The van der Waals surface area contributed by atoms with Gasteiger partial charge >= 0.3 is 6.36 Å². The standard InChI is InChI=1S/C25H31F3N6O3S.CH4/c26-25(27,28)37-21-7-3-4-8-22(21)38(35,36)32-16-18-11-9-17(10-12-18)15-31-24-33-20-6-2-1-5-19(20)23(34-24)30-14-13-29;/h1-8,17-18,32H,9-16,29H2,(H2,30,31,33,34);1H4. The molecule has 214 valence electrons. The fourth-order valence-corrected chi connectivity index (χ4v) is 5.79. The average Bonchev–Trinajstić information content (AvgIpc) is 2.89. The second-order valence-electron chi connectivity index (χ2n) is 9.24. The molecule has 3 aromatic rings. The molecule has 0 unspecified atom stereocenters. The predicted octanol–water partition coefficient (Wildman–Crippen LogP) is 4.73. The molecule has 1 fully saturated rings. The van der Waals surface area contributed by atoms with Gasteiger partial charge in [0.15, 0.2) is 0 Å². The maximum Gasteiger partial charge on any atom is 0.573 e. The Hall–Kier alpha value is -3.16. The summed E-state index contributed by atoms with van der Waals surface area (Å²) >= 11 is 0. The van der Waals surface area contributed by atoms with Crippen LogP contribution in [0.3, 0.4) is 0 Å². The smallest absolute Gasteiger partial charge is 0.404 e. The summed E-state index contributed by atoms with van der Waals surface area (Å²) < 4.78 is 69.8. The van der Waals surface area contributed by atoms with Crippen molar-refractivity contribution in [3.05, 3.63) is 48.5 Å². The number of nitrogens with two attached hydrogens (primary N) is 1. The Bertz CT molecular complexity index is 1330. The lowest BCUT2D eigenvalue weighted by atomic mass is 9.82. The topological polar surface area (TPSA) is 131 Å². The van der Waals surface area contributed by atoms with Crippen molar-refractivity contribution in [2.45, 2.75) is 44.4 Å². The fourth-order valence-electron chi connectivity index (χ4n) is 4.54. The Morgan fingerprint density at radius 1 is 0.923 bits per heavy atom. The highest BCUT2D eigenvalue weighted by atomic mass is 32.2. The number of hydrogen-bond donors (Lipinski definition) is 4. The summed E-state index contributed by atoms with van der Waals surface area (Å²) in [6.07, 6.45) is -1.66. The molecule has 1 aliphatic carbocycles. The molecule has 0 spiro atoms. The van der Waals surface area contributed by atoms with Gasteiger partial charge in [-0.1, -0.05) is 31.7 Å². The van der Waals surface area contributed by atoms with E-state index in [4.69, 9.17) is 5.73 Å². The summed E-state index contributed by atoms with van der Waals surface area (Å²) in [6.45, 7) is 1.89. The summed E-state index contributed by atoms with van der Waals surface area (Å²) in [5.41, 5.74) is 6.45. The zero-order valence-corrected chi connectivity index (χ0v) is 21.5. The second-order valence-corrected chi connectivity index (χ2v) is 11.0. The Morgan fingerprint density at radius 2 is 1.56 bits per heavy atom. The van der Waals surface area contributed by atoms with E-state index in [0.29, 0.717) is 31.5 Å². The highest BCUT2D eigenvalue weighted by Gasteiger charge is 2.34. The van der Waals surface area contributed by atoms with Gasteiger partial charge in [0, 0.05) is 31.6 Å². The molecule has 1 heterocycles. The molecule has 1 aliphatic rings. The number of sulfonamides is 1. The van der Waals surface area contributed by atoms with Crippen molar-refractivity contribution >= 4 is 32.7 Å². The third-order valence-corrected chi connectivity index (χ3v) is 7.94. The van der Waals surface area contributed by atoms with E-state index in [1.54, 1.807) is 0 Å². The van der Waals surface area contributed by atoms with Gasteiger partial charge in [-0.05, 0) is 61.8 Å². The minimum atomic E-state index is -4.99. The van der Waals surface area contributed by atoms with Crippen molar-refractivity contribution in [2.75, 3.05) is 36.8 Å². The van der Waals surface area contributed by atoms with Gasteiger partial charge in [0.05, 0.1) is 5.52 Å². The van der Waals surface area contributed by atoms with E-state index in [1.807, 2.05) is 24.3 Å².